The van der Waals surface area contributed by atoms with Gasteiger partial charge in [-0.25, -0.2) is 0 Å². The number of aryl methyl sites for hydroxylation is 2. The minimum Gasteiger partial charge on any atom is -0.378 e. The summed E-state index contributed by atoms with van der Waals surface area (Å²) in [4.78, 5) is 14.2. The fourth-order valence-electron chi connectivity index (χ4n) is 2.42. The fourth-order valence-corrected chi connectivity index (χ4v) is 2.42. The van der Waals surface area contributed by atoms with Crippen molar-refractivity contribution in [3.63, 3.8) is 0 Å². The predicted molar refractivity (Wildman–Crippen MR) is 80.2 cm³/mol. The van der Waals surface area contributed by atoms with Gasteiger partial charge in [0.2, 0.25) is 0 Å². The number of hydrogen-bond donors (Lipinski definition) is 1. The van der Waals surface area contributed by atoms with Crippen LogP contribution in [0.4, 0.5) is 0 Å². The second-order valence-corrected chi connectivity index (χ2v) is 5.37. The Bertz CT molecular complexity index is 657. The Morgan fingerprint density at radius 3 is 2.67 bits per heavy atom. The van der Waals surface area contributed by atoms with Crippen LogP contribution in [0.2, 0.25) is 0 Å². The minimum atomic E-state index is -0.0131. The molecule has 0 bridgehead atoms. The standard InChI is InChI=1S/C16H19N3O2/c1-11-3-4-13(9-12(11)2)14-10-15(18-17-14)16(20)19-5-7-21-8-6-19/h3-4,9-10H,5-8H2,1-2H3,(H,17,18). The summed E-state index contributed by atoms with van der Waals surface area (Å²) in [6.07, 6.45) is 0. The van der Waals surface area contributed by atoms with Gasteiger partial charge in [-0.15, -0.1) is 0 Å². The third-order valence-corrected chi connectivity index (χ3v) is 3.91. The zero-order chi connectivity index (χ0) is 14.8. The molecule has 5 heteroatoms. The molecule has 110 valence electrons. The van der Waals surface area contributed by atoms with E-state index in [1.54, 1.807) is 4.90 Å². The van der Waals surface area contributed by atoms with Gasteiger partial charge >= 0.3 is 0 Å². The Kier molecular flexibility index (Phi) is 3.75. The van der Waals surface area contributed by atoms with Crippen LogP contribution < -0.4 is 0 Å². The lowest BCUT2D eigenvalue weighted by Gasteiger charge is -2.26. The third-order valence-electron chi connectivity index (χ3n) is 3.91. The number of nitrogens with zero attached hydrogens (tertiary/aromatic N) is 2. The first kappa shape index (κ1) is 13.8. The van der Waals surface area contributed by atoms with Crippen LogP contribution in [0.3, 0.4) is 0 Å². The molecule has 1 aromatic heterocycles. The van der Waals surface area contributed by atoms with Gasteiger partial charge in [-0.2, -0.15) is 5.10 Å². The Labute approximate surface area is 123 Å². The van der Waals surface area contributed by atoms with E-state index in [-0.39, 0.29) is 5.91 Å². The van der Waals surface area contributed by atoms with E-state index in [2.05, 4.69) is 36.2 Å². The van der Waals surface area contributed by atoms with E-state index in [1.165, 1.54) is 11.1 Å². The molecule has 1 saturated heterocycles. The number of aromatic nitrogens is 2. The van der Waals surface area contributed by atoms with Gasteiger partial charge in [0, 0.05) is 18.7 Å². The Hall–Kier alpha value is -2.14. The molecule has 1 aliphatic heterocycles. The molecule has 0 saturated carbocycles. The van der Waals surface area contributed by atoms with Crippen molar-refractivity contribution in [1.29, 1.82) is 0 Å². The van der Waals surface area contributed by atoms with Gasteiger partial charge < -0.3 is 9.64 Å². The van der Waals surface area contributed by atoms with E-state index < -0.39 is 0 Å². The quantitative estimate of drug-likeness (QED) is 0.920. The summed E-state index contributed by atoms with van der Waals surface area (Å²) < 4.78 is 5.26. The summed E-state index contributed by atoms with van der Waals surface area (Å²) in [5.41, 5.74) is 4.82. The maximum Gasteiger partial charge on any atom is 0.272 e. The first-order chi connectivity index (χ1) is 10.1. The number of benzene rings is 1. The minimum absolute atomic E-state index is 0.0131. The van der Waals surface area contributed by atoms with E-state index in [0.29, 0.717) is 32.0 Å². The maximum atomic E-state index is 12.4. The molecule has 1 fully saturated rings. The Balaban J connectivity index is 1.82. The monoisotopic (exact) mass is 285 g/mol. The van der Waals surface area contributed by atoms with E-state index in [4.69, 9.17) is 4.74 Å². The van der Waals surface area contributed by atoms with Gasteiger partial charge in [-0.05, 0) is 37.1 Å². The number of aromatic amines is 1. The van der Waals surface area contributed by atoms with Crippen LogP contribution in [0, 0.1) is 13.8 Å². The smallest absolute Gasteiger partial charge is 0.272 e. The molecule has 1 N–H and O–H groups in total. The molecule has 5 nitrogen and oxygen atoms in total. The molecule has 0 aliphatic carbocycles. The summed E-state index contributed by atoms with van der Waals surface area (Å²) in [7, 11) is 0. The number of carbonyl (C=O) groups excluding carboxylic acids is 1. The van der Waals surface area contributed by atoms with Crippen LogP contribution in [0.15, 0.2) is 24.3 Å². The Morgan fingerprint density at radius 1 is 1.19 bits per heavy atom. The van der Waals surface area contributed by atoms with Crippen molar-refractivity contribution in [2.75, 3.05) is 26.3 Å². The first-order valence-electron chi connectivity index (χ1n) is 7.15. The highest BCUT2D eigenvalue weighted by atomic mass is 16.5. The fraction of sp³-hybridized carbons (Fsp3) is 0.375. The van der Waals surface area contributed by atoms with Crippen LogP contribution in [0.5, 0.6) is 0 Å². The molecule has 0 spiro atoms. The van der Waals surface area contributed by atoms with Crippen LogP contribution >= 0.6 is 0 Å². The number of hydrogen-bond acceptors (Lipinski definition) is 3. The van der Waals surface area contributed by atoms with Gasteiger partial charge in [-0.1, -0.05) is 12.1 Å². The second-order valence-electron chi connectivity index (χ2n) is 5.37. The number of ether oxygens (including phenoxy) is 1. The average Bonchev–Trinajstić information content (AvgIpc) is 3.00. The zero-order valence-corrected chi connectivity index (χ0v) is 12.3. The molecular weight excluding hydrogens is 266 g/mol. The molecule has 2 heterocycles. The van der Waals surface area contributed by atoms with Crippen molar-refractivity contribution in [1.82, 2.24) is 15.1 Å². The van der Waals surface area contributed by atoms with Crippen LogP contribution in [-0.2, 0) is 4.74 Å². The molecule has 0 radical (unpaired) electrons. The topological polar surface area (TPSA) is 58.2 Å². The highest BCUT2D eigenvalue weighted by Gasteiger charge is 2.20. The highest BCUT2D eigenvalue weighted by Crippen LogP contribution is 2.21. The second kappa shape index (κ2) is 5.69. The number of H-pyrrole nitrogens is 1. The van der Waals surface area contributed by atoms with Crippen molar-refractivity contribution in [3.8, 4) is 11.3 Å². The maximum absolute atomic E-state index is 12.4. The average molecular weight is 285 g/mol. The molecule has 21 heavy (non-hydrogen) atoms. The number of rotatable bonds is 2. The molecule has 3 rings (SSSR count). The van der Waals surface area contributed by atoms with Gasteiger partial charge in [0.05, 0.1) is 18.9 Å². The predicted octanol–water partition coefficient (Wildman–Crippen LogP) is 2.17. The van der Waals surface area contributed by atoms with Crippen LogP contribution in [0.1, 0.15) is 21.6 Å². The van der Waals surface area contributed by atoms with E-state index in [1.807, 2.05) is 12.1 Å². The third kappa shape index (κ3) is 2.83. The number of amides is 1. The van der Waals surface area contributed by atoms with Crippen LogP contribution in [0.25, 0.3) is 11.3 Å². The van der Waals surface area contributed by atoms with Crippen molar-refractivity contribution in [2.45, 2.75) is 13.8 Å². The lowest BCUT2D eigenvalue weighted by atomic mass is 10.0. The van der Waals surface area contributed by atoms with Crippen LogP contribution in [-0.4, -0.2) is 47.3 Å². The van der Waals surface area contributed by atoms with Gasteiger partial charge in [-0.3, -0.25) is 9.89 Å². The zero-order valence-electron chi connectivity index (χ0n) is 12.3. The lowest BCUT2D eigenvalue weighted by Crippen LogP contribution is -2.40. The van der Waals surface area contributed by atoms with Crippen molar-refractivity contribution in [2.24, 2.45) is 0 Å². The molecule has 1 aromatic carbocycles. The van der Waals surface area contributed by atoms with E-state index in [0.717, 1.165) is 11.3 Å². The molecule has 2 aromatic rings. The van der Waals surface area contributed by atoms with Crippen molar-refractivity contribution < 1.29 is 9.53 Å². The first-order valence-corrected chi connectivity index (χ1v) is 7.15. The summed E-state index contributed by atoms with van der Waals surface area (Å²) in [5.74, 6) is -0.0131. The molecule has 1 aliphatic rings. The normalized spacial score (nSPS) is 15.2. The molecular formula is C16H19N3O2. The summed E-state index contributed by atoms with van der Waals surface area (Å²) in [6.45, 7) is 6.63. The summed E-state index contributed by atoms with van der Waals surface area (Å²) in [6, 6.07) is 8.01. The number of morpholine rings is 1. The van der Waals surface area contributed by atoms with E-state index >= 15 is 0 Å². The summed E-state index contributed by atoms with van der Waals surface area (Å²) >= 11 is 0. The summed E-state index contributed by atoms with van der Waals surface area (Å²) in [5, 5.41) is 7.12. The molecule has 0 atom stereocenters. The van der Waals surface area contributed by atoms with Crippen molar-refractivity contribution in [3.05, 3.63) is 41.1 Å². The van der Waals surface area contributed by atoms with E-state index in [9.17, 15) is 4.79 Å². The van der Waals surface area contributed by atoms with Crippen molar-refractivity contribution >= 4 is 5.91 Å². The van der Waals surface area contributed by atoms with Gasteiger partial charge in [0.25, 0.3) is 5.91 Å². The van der Waals surface area contributed by atoms with Gasteiger partial charge in [0.1, 0.15) is 5.69 Å². The SMILES string of the molecule is Cc1ccc(-c2cc(C(=O)N3CCOCC3)[nH]n2)cc1C. The lowest BCUT2D eigenvalue weighted by molar-refractivity contribution is 0.0299. The largest absolute Gasteiger partial charge is 0.378 e. The number of carbonyl (C=O) groups is 1. The molecule has 0 unspecified atom stereocenters. The Morgan fingerprint density at radius 2 is 1.95 bits per heavy atom. The highest BCUT2D eigenvalue weighted by molar-refractivity contribution is 5.93. The number of nitrogens with one attached hydrogen (secondary N) is 1. The molecule has 1 amide bonds. The van der Waals surface area contributed by atoms with Gasteiger partial charge in [0.15, 0.2) is 0 Å².